The molecule has 0 aliphatic rings. The highest BCUT2D eigenvalue weighted by molar-refractivity contribution is 5.98. The molecule has 0 saturated carbocycles. The molecule has 262 valence electrons. The minimum Gasteiger partial charge on any atom is -0.383 e. The number of benzene rings is 2. The lowest BCUT2D eigenvalue weighted by molar-refractivity contribution is -0.229. The summed E-state index contributed by atoms with van der Waals surface area (Å²) >= 11 is 0. The Bertz CT molecular complexity index is 1860. The van der Waals surface area contributed by atoms with Gasteiger partial charge in [-0.3, -0.25) is 14.2 Å². The Kier molecular flexibility index (Phi) is 12.0. The van der Waals surface area contributed by atoms with Crippen molar-refractivity contribution in [1.29, 1.82) is 0 Å². The highest BCUT2D eigenvalue weighted by atomic mass is 19.4. The molecule has 1 amide bonds. The van der Waals surface area contributed by atoms with Gasteiger partial charge in [0.2, 0.25) is 5.95 Å². The highest BCUT2D eigenvalue weighted by Crippen LogP contribution is 2.32. The quantitative estimate of drug-likeness (QED) is 0.114. The summed E-state index contributed by atoms with van der Waals surface area (Å²) < 4.78 is 74.8. The summed E-state index contributed by atoms with van der Waals surface area (Å²) in [5.74, 6) is -5.71. The minimum absolute atomic E-state index is 0.00935. The van der Waals surface area contributed by atoms with Gasteiger partial charge in [-0.05, 0) is 68.9 Å². The Balaban J connectivity index is 1.89. The Morgan fingerprint density at radius 2 is 1.67 bits per heavy atom. The number of methoxy groups -OCH3 is 1. The van der Waals surface area contributed by atoms with E-state index in [0.29, 0.717) is 18.5 Å². The SMILES string of the molecule is CCN(CC)CCCNc1nc(-c2cc(C(=O)N(CCOC)OC(=O)C(F)(F)F)ccc2C)c2ccc(=O)n(-c3c(F)cccc3F)c2n1. The van der Waals surface area contributed by atoms with E-state index in [9.17, 15) is 27.6 Å². The van der Waals surface area contributed by atoms with E-state index in [1.165, 1.54) is 31.4 Å². The maximum absolute atomic E-state index is 15.1. The third-order valence-corrected chi connectivity index (χ3v) is 7.63. The number of hydrogen-bond acceptors (Lipinski definition) is 9. The third kappa shape index (κ3) is 8.56. The number of carbonyl (C=O) groups excluding carboxylic acids is 2. The summed E-state index contributed by atoms with van der Waals surface area (Å²) in [6, 6.07) is 9.76. The first kappa shape index (κ1) is 36.9. The van der Waals surface area contributed by atoms with Crippen LogP contribution < -0.4 is 10.9 Å². The van der Waals surface area contributed by atoms with Gasteiger partial charge in [0.15, 0.2) is 5.65 Å². The molecule has 16 heteroatoms. The number of rotatable bonds is 13. The summed E-state index contributed by atoms with van der Waals surface area (Å²) in [7, 11) is 1.25. The molecule has 2 aromatic carbocycles. The second-order valence-corrected chi connectivity index (χ2v) is 10.8. The number of carbonyl (C=O) groups is 2. The molecule has 0 bridgehead atoms. The van der Waals surface area contributed by atoms with Crippen LogP contribution in [0.1, 0.15) is 36.2 Å². The Hall–Kier alpha value is -4.96. The van der Waals surface area contributed by atoms with E-state index in [1.807, 2.05) is 13.8 Å². The van der Waals surface area contributed by atoms with Crippen LogP contribution in [0.3, 0.4) is 0 Å². The van der Waals surface area contributed by atoms with Crippen LogP contribution in [-0.4, -0.2) is 89.0 Å². The Morgan fingerprint density at radius 1 is 0.980 bits per heavy atom. The van der Waals surface area contributed by atoms with Crippen LogP contribution in [0.2, 0.25) is 0 Å². The Morgan fingerprint density at radius 3 is 2.31 bits per heavy atom. The molecular formula is C33H35F5N6O5. The van der Waals surface area contributed by atoms with Crippen molar-refractivity contribution in [3.8, 4) is 16.9 Å². The van der Waals surface area contributed by atoms with Gasteiger partial charge >= 0.3 is 12.1 Å². The number of hydrogen-bond donors (Lipinski definition) is 1. The standard InChI is InChI=1S/C33H35F5N6O5/c1-5-42(6-2)16-8-15-39-32-40-27(22-13-14-26(45)44(29(22)41-32)28-24(34)9-7-10-25(28)35)23-19-21(12-11-20(23)3)30(46)43(17-18-48-4)49-31(47)33(36,37)38/h7,9-14,19H,5-6,8,15-18H2,1-4H3,(H,39,40,41). The third-order valence-electron chi connectivity index (χ3n) is 7.63. The molecule has 4 aromatic rings. The van der Waals surface area contributed by atoms with E-state index < -0.39 is 47.5 Å². The van der Waals surface area contributed by atoms with Gasteiger partial charge in [0.1, 0.15) is 17.3 Å². The zero-order valence-corrected chi connectivity index (χ0v) is 27.2. The fraction of sp³-hybridized carbons (Fsp3) is 0.364. The van der Waals surface area contributed by atoms with E-state index >= 15 is 8.78 Å². The number of hydroxylamine groups is 2. The normalized spacial score (nSPS) is 11.6. The van der Waals surface area contributed by atoms with Crippen LogP contribution in [-0.2, 0) is 14.4 Å². The largest absolute Gasteiger partial charge is 0.493 e. The maximum Gasteiger partial charge on any atom is 0.493 e. The number of aryl methyl sites for hydroxylation is 1. The monoisotopic (exact) mass is 690 g/mol. The Labute approximate surface area is 278 Å². The van der Waals surface area contributed by atoms with Crippen molar-refractivity contribution in [3.05, 3.63) is 81.6 Å². The van der Waals surface area contributed by atoms with Crippen LogP contribution in [0.5, 0.6) is 0 Å². The molecule has 0 aliphatic heterocycles. The number of nitrogens with zero attached hydrogens (tertiary/aromatic N) is 5. The maximum atomic E-state index is 15.1. The molecule has 0 fully saturated rings. The van der Waals surface area contributed by atoms with E-state index in [-0.39, 0.29) is 45.5 Å². The van der Waals surface area contributed by atoms with Gasteiger partial charge in [-0.1, -0.05) is 26.0 Å². The predicted molar refractivity (Wildman–Crippen MR) is 171 cm³/mol. The van der Waals surface area contributed by atoms with Crippen LogP contribution >= 0.6 is 0 Å². The molecule has 0 saturated heterocycles. The topological polar surface area (TPSA) is 119 Å². The van der Waals surface area contributed by atoms with Crippen LogP contribution in [0.25, 0.3) is 28.0 Å². The average Bonchev–Trinajstić information content (AvgIpc) is 3.06. The molecule has 11 nitrogen and oxygen atoms in total. The summed E-state index contributed by atoms with van der Waals surface area (Å²) in [5.41, 5.74) is -0.812. The highest BCUT2D eigenvalue weighted by Gasteiger charge is 2.43. The molecule has 0 unspecified atom stereocenters. The molecule has 0 radical (unpaired) electrons. The number of nitrogens with one attached hydrogen (secondary N) is 1. The van der Waals surface area contributed by atoms with Gasteiger partial charge in [-0.25, -0.2) is 18.6 Å². The average molecular weight is 691 g/mol. The van der Waals surface area contributed by atoms with Gasteiger partial charge in [0, 0.05) is 36.2 Å². The first-order valence-electron chi connectivity index (χ1n) is 15.4. The minimum atomic E-state index is -5.37. The number of amides is 1. The molecule has 49 heavy (non-hydrogen) atoms. The number of ether oxygens (including phenoxy) is 1. The summed E-state index contributed by atoms with van der Waals surface area (Å²) in [6.07, 6.45) is -4.69. The number of aromatic nitrogens is 3. The second kappa shape index (κ2) is 16.0. The van der Waals surface area contributed by atoms with Crippen molar-refractivity contribution >= 4 is 28.9 Å². The van der Waals surface area contributed by atoms with E-state index in [1.54, 1.807) is 6.92 Å². The summed E-state index contributed by atoms with van der Waals surface area (Å²) in [5, 5.41) is 3.52. The van der Waals surface area contributed by atoms with Gasteiger partial charge in [0.25, 0.3) is 11.5 Å². The van der Waals surface area contributed by atoms with E-state index in [4.69, 9.17) is 4.74 Å². The molecular weight excluding hydrogens is 655 g/mol. The molecule has 0 atom stereocenters. The lowest BCUT2D eigenvalue weighted by Gasteiger charge is -2.22. The van der Waals surface area contributed by atoms with Gasteiger partial charge < -0.3 is 19.8 Å². The molecule has 2 heterocycles. The number of halogens is 5. The molecule has 0 aliphatic carbocycles. The van der Waals surface area contributed by atoms with Crippen molar-refractivity contribution in [2.24, 2.45) is 0 Å². The lowest BCUT2D eigenvalue weighted by atomic mass is 9.99. The number of anilines is 1. The second-order valence-electron chi connectivity index (χ2n) is 10.8. The zero-order chi connectivity index (χ0) is 35.9. The fourth-order valence-electron chi connectivity index (χ4n) is 5.03. The van der Waals surface area contributed by atoms with Crippen molar-refractivity contribution in [2.45, 2.75) is 33.4 Å². The molecule has 1 N–H and O–H groups in total. The zero-order valence-electron chi connectivity index (χ0n) is 27.2. The predicted octanol–water partition coefficient (Wildman–Crippen LogP) is 5.29. The number of pyridine rings is 1. The van der Waals surface area contributed by atoms with Gasteiger partial charge in [0.05, 0.1) is 18.8 Å². The first-order chi connectivity index (χ1) is 23.3. The van der Waals surface area contributed by atoms with Gasteiger partial charge in [-0.2, -0.15) is 23.2 Å². The van der Waals surface area contributed by atoms with Crippen LogP contribution in [0, 0.1) is 18.6 Å². The van der Waals surface area contributed by atoms with Crippen molar-refractivity contribution < 1.29 is 41.1 Å². The molecule has 0 spiro atoms. The number of alkyl halides is 3. The lowest BCUT2D eigenvalue weighted by Crippen LogP contribution is -2.40. The van der Waals surface area contributed by atoms with Crippen molar-refractivity contribution in [3.63, 3.8) is 0 Å². The molecule has 4 rings (SSSR count). The summed E-state index contributed by atoms with van der Waals surface area (Å²) in [4.78, 5) is 54.0. The summed E-state index contributed by atoms with van der Waals surface area (Å²) in [6.45, 7) is 7.83. The number of para-hydroxylation sites is 1. The van der Waals surface area contributed by atoms with Crippen molar-refractivity contribution in [1.82, 2.24) is 24.5 Å². The van der Waals surface area contributed by atoms with E-state index in [0.717, 1.165) is 48.5 Å². The molecule has 2 aromatic heterocycles. The first-order valence-corrected chi connectivity index (χ1v) is 15.4. The van der Waals surface area contributed by atoms with E-state index in [2.05, 4.69) is 25.0 Å². The van der Waals surface area contributed by atoms with Crippen molar-refractivity contribution in [2.75, 3.05) is 51.8 Å². The smallest absolute Gasteiger partial charge is 0.383 e. The number of fused-ring (bicyclic) bond motifs is 1. The van der Waals surface area contributed by atoms with Crippen LogP contribution in [0.15, 0.2) is 53.3 Å². The van der Waals surface area contributed by atoms with Gasteiger partial charge in [-0.15, -0.1) is 0 Å². The fourth-order valence-corrected chi connectivity index (χ4v) is 5.03. The van der Waals surface area contributed by atoms with Crippen LogP contribution in [0.4, 0.5) is 27.9 Å².